The van der Waals surface area contributed by atoms with Crippen molar-refractivity contribution in [1.82, 2.24) is 9.97 Å². The Balaban J connectivity index is 2.24. The Morgan fingerprint density at radius 1 is 1.59 bits per heavy atom. The van der Waals surface area contributed by atoms with E-state index >= 15 is 0 Å². The minimum Gasteiger partial charge on any atom is -0.389 e. The molecule has 0 radical (unpaired) electrons. The molecular formula is C11H17FN4O. The number of aromatic nitrogens is 2. The SMILES string of the molecule is CC1(C)CN(c2nccc(N)n2)CC(F)[C@H]1O. The second-order valence-electron chi connectivity index (χ2n) is 5.11. The van der Waals surface area contributed by atoms with Gasteiger partial charge < -0.3 is 15.7 Å². The second-order valence-corrected chi connectivity index (χ2v) is 5.11. The third-order valence-corrected chi connectivity index (χ3v) is 3.08. The van der Waals surface area contributed by atoms with E-state index in [0.717, 1.165) is 0 Å². The summed E-state index contributed by atoms with van der Waals surface area (Å²) in [4.78, 5) is 9.86. The molecule has 0 bridgehead atoms. The molecule has 94 valence electrons. The van der Waals surface area contributed by atoms with Crippen molar-refractivity contribution >= 4 is 11.8 Å². The third-order valence-electron chi connectivity index (χ3n) is 3.08. The highest BCUT2D eigenvalue weighted by molar-refractivity contribution is 5.39. The Hall–Kier alpha value is -1.43. The normalized spacial score (nSPS) is 28.1. The quantitative estimate of drug-likeness (QED) is 0.752. The van der Waals surface area contributed by atoms with Gasteiger partial charge in [0.1, 0.15) is 12.0 Å². The Labute approximate surface area is 99.5 Å². The van der Waals surface area contributed by atoms with Crippen molar-refractivity contribution in [2.24, 2.45) is 5.41 Å². The molecule has 0 amide bonds. The van der Waals surface area contributed by atoms with Crippen LogP contribution in [-0.4, -0.2) is 40.4 Å². The molecule has 1 aliphatic heterocycles. The van der Waals surface area contributed by atoms with Gasteiger partial charge in [0.2, 0.25) is 5.95 Å². The zero-order chi connectivity index (χ0) is 12.6. The second kappa shape index (κ2) is 4.10. The molecule has 6 heteroatoms. The van der Waals surface area contributed by atoms with Crippen molar-refractivity contribution in [2.45, 2.75) is 26.1 Å². The lowest BCUT2D eigenvalue weighted by atomic mass is 9.80. The minimum atomic E-state index is -1.30. The summed E-state index contributed by atoms with van der Waals surface area (Å²) in [5.74, 6) is 0.766. The van der Waals surface area contributed by atoms with Crippen LogP contribution in [0.2, 0.25) is 0 Å². The van der Waals surface area contributed by atoms with Gasteiger partial charge in [-0.25, -0.2) is 9.37 Å². The molecule has 0 aliphatic carbocycles. The molecule has 17 heavy (non-hydrogen) atoms. The van der Waals surface area contributed by atoms with Crippen LogP contribution < -0.4 is 10.6 Å². The number of aliphatic hydroxyl groups is 1. The molecule has 1 saturated heterocycles. The van der Waals surface area contributed by atoms with Crippen LogP contribution in [0.25, 0.3) is 0 Å². The summed E-state index contributed by atoms with van der Waals surface area (Å²) in [7, 11) is 0. The van der Waals surface area contributed by atoms with Gasteiger partial charge in [-0.3, -0.25) is 0 Å². The van der Waals surface area contributed by atoms with Gasteiger partial charge in [0, 0.05) is 18.2 Å². The zero-order valence-corrected chi connectivity index (χ0v) is 9.97. The summed E-state index contributed by atoms with van der Waals surface area (Å²) in [5, 5.41) is 9.76. The van der Waals surface area contributed by atoms with Crippen LogP contribution in [0, 0.1) is 5.41 Å². The van der Waals surface area contributed by atoms with Crippen molar-refractivity contribution in [1.29, 1.82) is 0 Å². The maximum Gasteiger partial charge on any atom is 0.227 e. The number of nitrogen functional groups attached to an aromatic ring is 1. The maximum atomic E-state index is 13.7. The highest BCUT2D eigenvalue weighted by Gasteiger charge is 2.42. The van der Waals surface area contributed by atoms with E-state index in [9.17, 15) is 9.50 Å². The molecule has 0 saturated carbocycles. The van der Waals surface area contributed by atoms with E-state index in [4.69, 9.17) is 5.73 Å². The molecule has 2 atom stereocenters. The van der Waals surface area contributed by atoms with E-state index in [2.05, 4.69) is 9.97 Å². The fourth-order valence-corrected chi connectivity index (χ4v) is 2.12. The molecule has 1 unspecified atom stereocenters. The number of hydrogen-bond donors (Lipinski definition) is 2. The Morgan fingerprint density at radius 2 is 2.29 bits per heavy atom. The van der Waals surface area contributed by atoms with Gasteiger partial charge in [0.15, 0.2) is 0 Å². The van der Waals surface area contributed by atoms with Crippen LogP contribution in [0.15, 0.2) is 12.3 Å². The fraction of sp³-hybridized carbons (Fsp3) is 0.636. The molecule has 2 heterocycles. The lowest BCUT2D eigenvalue weighted by Crippen LogP contribution is -2.55. The summed E-state index contributed by atoms with van der Waals surface area (Å²) < 4.78 is 13.7. The third kappa shape index (κ3) is 2.31. The molecule has 1 aromatic heterocycles. The number of anilines is 2. The van der Waals surface area contributed by atoms with Crippen LogP contribution in [0.3, 0.4) is 0 Å². The van der Waals surface area contributed by atoms with Gasteiger partial charge in [-0.15, -0.1) is 0 Å². The molecule has 1 aliphatic rings. The lowest BCUT2D eigenvalue weighted by molar-refractivity contribution is -0.0257. The van der Waals surface area contributed by atoms with Gasteiger partial charge in [0.25, 0.3) is 0 Å². The van der Waals surface area contributed by atoms with Gasteiger partial charge in [-0.2, -0.15) is 4.98 Å². The highest BCUT2D eigenvalue weighted by atomic mass is 19.1. The number of nitrogens with two attached hydrogens (primary N) is 1. The number of halogens is 1. The number of rotatable bonds is 1. The van der Waals surface area contributed by atoms with E-state index in [0.29, 0.717) is 18.3 Å². The Kier molecular flexibility index (Phi) is 2.91. The Bertz CT molecular complexity index is 412. The van der Waals surface area contributed by atoms with Crippen molar-refractivity contribution < 1.29 is 9.50 Å². The molecule has 5 nitrogen and oxygen atoms in total. The minimum absolute atomic E-state index is 0.0913. The van der Waals surface area contributed by atoms with E-state index in [1.54, 1.807) is 17.2 Å². The van der Waals surface area contributed by atoms with Gasteiger partial charge >= 0.3 is 0 Å². The van der Waals surface area contributed by atoms with Crippen molar-refractivity contribution in [3.8, 4) is 0 Å². The largest absolute Gasteiger partial charge is 0.389 e. The molecule has 0 aromatic carbocycles. The summed E-state index contributed by atoms with van der Waals surface area (Å²) in [5.41, 5.74) is 5.04. The predicted octanol–water partition coefficient (Wildman–Crippen LogP) is 0.604. The Morgan fingerprint density at radius 3 is 2.88 bits per heavy atom. The first-order chi connectivity index (χ1) is 7.90. The standard InChI is InChI=1S/C11H17FN4O/c1-11(2)6-16(5-7(12)9(11)17)10-14-4-3-8(13)15-10/h3-4,7,9,17H,5-6H2,1-2H3,(H2,13,14,15)/t7?,9-/m1/s1. The predicted molar refractivity (Wildman–Crippen MR) is 63.3 cm³/mol. The first-order valence-electron chi connectivity index (χ1n) is 5.56. The summed E-state index contributed by atoms with van der Waals surface area (Å²) in [6, 6.07) is 1.58. The zero-order valence-electron chi connectivity index (χ0n) is 9.97. The van der Waals surface area contributed by atoms with E-state index in [1.807, 2.05) is 13.8 Å². The first kappa shape index (κ1) is 12.0. The van der Waals surface area contributed by atoms with E-state index in [1.165, 1.54) is 0 Å². The summed E-state index contributed by atoms with van der Waals surface area (Å²) >= 11 is 0. The van der Waals surface area contributed by atoms with Crippen LogP contribution in [-0.2, 0) is 0 Å². The smallest absolute Gasteiger partial charge is 0.227 e. The van der Waals surface area contributed by atoms with E-state index < -0.39 is 17.7 Å². The number of piperidine rings is 1. The maximum absolute atomic E-state index is 13.7. The van der Waals surface area contributed by atoms with Crippen LogP contribution >= 0.6 is 0 Å². The van der Waals surface area contributed by atoms with Crippen molar-refractivity contribution in [3.05, 3.63) is 12.3 Å². The molecule has 3 N–H and O–H groups in total. The van der Waals surface area contributed by atoms with Gasteiger partial charge in [-0.05, 0) is 6.07 Å². The molecule has 1 aromatic rings. The van der Waals surface area contributed by atoms with E-state index in [-0.39, 0.29) is 6.54 Å². The highest BCUT2D eigenvalue weighted by Crippen LogP contribution is 2.32. The van der Waals surface area contributed by atoms with Crippen LogP contribution in [0.4, 0.5) is 16.2 Å². The van der Waals surface area contributed by atoms with Crippen molar-refractivity contribution in [3.63, 3.8) is 0 Å². The summed E-state index contributed by atoms with van der Waals surface area (Å²) in [6.45, 7) is 4.23. The van der Waals surface area contributed by atoms with Crippen LogP contribution in [0.1, 0.15) is 13.8 Å². The van der Waals surface area contributed by atoms with Gasteiger partial charge in [0.05, 0.1) is 12.6 Å². The average molecular weight is 240 g/mol. The molecule has 2 rings (SSSR count). The number of nitrogens with zero attached hydrogens (tertiary/aromatic N) is 3. The summed E-state index contributed by atoms with van der Waals surface area (Å²) in [6.07, 6.45) is -0.716. The van der Waals surface area contributed by atoms with Crippen LogP contribution in [0.5, 0.6) is 0 Å². The van der Waals surface area contributed by atoms with Gasteiger partial charge in [-0.1, -0.05) is 13.8 Å². The topological polar surface area (TPSA) is 75.3 Å². The molecule has 0 spiro atoms. The first-order valence-corrected chi connectivity index (χ1v) is 5.56. The fourth-order valence-electron chi connectivity index (χ4n) is 2.12. The lowest BCUT2D eigenvalue weighted by Gasteiger charge is -2.43. The number of alkyl halides is 1. The van der Waals surface area contributed by atoms with Crippen molar-refractivity contribution in [2.75, 3.05) is 23.7 Å². The monoisotopic (exact) mass is 240 g/mol. The molecule has 1 fully saturated rings. The average Bonchev–Trinajstić information content (AvgIpc) is 2.25. The number of aliphatic hydroxyl groups excluding tert-OH is 1. The molecular weight excluding hydrogens is 223 g/mol. The number of hydrogen-bond acceptors (Lipinski definition) is 5.